The molecule has 1 aliphatic rings. The number of ether oxygens (including phenoxy) is 2. The molecule has 0 spiro atoms. The van der Waals surface area contributed by atoms with Crippen molar-refractivity contribution in [2.45, 2.75) is 20.4 Å². The summed E-state index contributed by atoms with van der Waals surface area (Å²) < 4.78 is 11.0. The molecule has 0 unspecified atom stereocenters. The van der Waals surface area contributed by atoms with Crippen molar-refractivity contribution in [1.82, 2.24) is 5.32 Å². The molecular weight excluding hydrogens is 238 g/mol. The summed E-state index contributed by atoms with van der Waals surface area (Å²) in [5.74, 6) is 2.07. The van der Waals surface area contributed by atoms with Crippen LogP contribution in [0.1, 0.15) is 19.4 Å². The Balaban J connectivity index is 2.06. The Bertz CT molecular complexity index is 393. The van der Waals surface area contributed by atoms with Crippen LogP contribution in [0.25, 0.3) is 0 Å². The lowest BCUT2D eigenvalue weighted by Gasteiger charge is -2.20. The van der Waals surface area contributed by atoms with Gasteiger partial charge in [-0.05, 0) is 30.2 Å². The number of nitrogens with one attached hydrogen (secondary N) is 1. The first-order valence-corrected chi connectivity index (χ1v) is 6.33. The van der Waals surface area contributed by atoms with E-state index >= 15 is 0 Å². The standard InChI is InChI=1S/C13H18ClNO2/c1-9(2)7-15-8-10-5-11(14)13-12(6-10)16-3-4-17-13/h5-6,9,15H,3-4,7-8H2,1-2H3. The van der Waals surface area contributed by atoms with Gasteiger partial charge >= 0.3 is 0 Å². The Morgan fingerprint density at radius 2 is 2.06 bits per heavy atom. The van der Waals surface area contributed by atoms with Crippen molar-refractivity contribution >= 4 is 11.6 Å². The van der Waals surface area contributed by atoms with Gasteiger partial charge in [-0.15, -0.1) is 0 Å². The minimum atomic E-state index is 0.567. The second kappa shape index (κ2) is 5.61. The SMILES string of the molecule is CC(C)CNCc1cc(Cl)c2c(c1)OCCO2. The molecule has 94 valence electrons. The molecule has 1 aromatic rings. The fourth-order valence-electron chi connectivity index (χ4n) is 1.77. The first-order chi connectivity index (χ1) is 8.16. The molecule has 0 bridgehead atoms. The van der Waals surface area contributed by atoms with Crippen molar-refractivity contribution in [2.24, 2.45) is 5.92 Å². The van der Waals surface area contributed by atoms with Crippen LogP contribution >= 0.6 is 11.6 Å². The van der Waals surface area contributed by atoms with Gasteiger partial charge in [0.2, 0.25) is 0 Å². The maximum absolute atomic E-state index is 6.16. The molecule has 2 rings (SSSR count). The van der Waals surface area contributed by atoms with Gasteiger partial charge in [0.1, 0.15) is 13.2 Å². The summed E-state index contributed by atoms with van der Waals surface area (Å²) in [6.07, 6.45) is 0. The molecule has 0 amide bonds. The topological polar surface area (TPSA) is 30.5 Å². The number of halogens is 1. The van der Waals surface area contributed by atoms with Gasteiger partial charge in [0.25, 0.3) is 0 Å². The summed E-state index contributed by atoms with van der Waals surface area (Å²) in [5.41, 5.74) is 1.12. The van der Waals surface area contributed by atoms with Crippen LogP contribution < -0.4 is 14.8 Å². The number of benzene rings is 1. The Morgan fingerprint density at radius 1 is 1.29 bits per heavy atom. The van der Waals surface area contributed by atoms with E-state index in [0.717, 1.165) is 24.4 Å². The maximum Gasteiger partial charge on any atom is 0.179 e. The van der Waals surface area contributed by atoms with Crippen molar-refractivity contribution in [3.05, 3.63) is 22.7 Å². The number of hydrogen-bond donors (Lipinski definition) is 1. The van der Waals surface area contributed by atoms with Gasteiger partial charge in [-0.25, -0.2) is 0 Å². The van der Waals surface area contributed by atoms with E-state index in [4.69, 9.17) is 21.1 Å². The van der Waals surface area contributed by atoms with Crippen LogP contribution in [-0.4, -0.2) is 19.8 Å². The third-order valence-electron chi connectivity index (χ3n) is 2.54. The third kappa shape index (κ3) is 3.27. The minimum absolute atomic E-state index is 0.567. The predicted octanol–water partition coefficient (Wildman–Crippen LogP) is 2.86. The van der Waals surface area contributed by atoms with E-state index in [0.29, 0.717) is 29.9 Å². The quantitative estimate of drug-likeness (QED) is 0.898. The van der Waals surface area contributed by atoms with Gasteiger partial charge < -0.3 is 14.8 Å². The number of rotatable bonds is 4. The highest BCUT2D eigenvalue weighted by atomic mass is 35.5. The third-order valence-corrected chi connectivity index (χ3v) is 2.82. The smallest absolute Gasteiger partial charge is 0.179 e. The van der Waals surface area contributed by atoms with Crippen molar-refractivity contribution in [2.75, 3.05) is 19.8 Å². The summed E-state index contributed by atoms with van der Waals surface area (Å²) >= 11 is 6.16. The van der Waals surface area contributed by atoms with E-state index in [2.05, 4.69) is 19.2 Å². The van der Waals surface area contributed by atoms with Gasteiger partial charge in [0.15, 0.2) is 11.5 Å². The van der Waals surface area contributed by atoms with E-state index in [-0.39, 0.29) is 0 Å². The summed E-state index contributed by atoms with van der Waals surface area (Å²) in [5, 5.41) is 4.01. The summed E-state index contributed by atoms with van der Waals surface area (Å²) in [6.45, 7) is 7.32. The largest absolute Gasteiger partial charge is 0.486 e. The monoisotopic (exact) mass is 255 g/mol. The van der Waals surface area contributed by atoms with E-state index in [1.165, 1.54) is 0 Å². The Kier molecular flexibility index (Phi) is 4.13. The molecular formula is C13H18ClNO2. The lowest BCUT2D eigenvalue weighted by Crippen LogP contribution is -2.20. The molecule has 0 aliphatic carbocycles. The van der Waals surface area contributed by atoms with Crippen molar-refractivity contribution in [3.63, 3.8) is 0 Å². The second-order valence-electron chi connectivity index (χ2n) is 4.63. The molecule has 0 fully saturated rings. The summed E-state index contributed by atoms with van der Waals surface area (Å²) in [6, 6.07) is 3.93. The van der Waals surface area contributed by atoms with Crippen LogP contribution in [0.5, 0.6) is 11.5 Å². The van der Waals surface area contributed by atoms with Crippen LogP contribution in [0.4, 0.5) is 0 Å². The normalized spacial score (nSPS) is 14.1. The lowest BCUT2D eigenvalue weighted by molar-refractivity contribution is 0.171. The van der Waals surface area contributed by atoms with Crippen LogP contribution in [-0.2, 0) is 6.54 Å². The lowest BCUT2D eigenvalue weighted by atomic mass is 10.1. The van der Waals surface area contributed by atoms with Gasteiger partial charge in [-0.1, -0.05) is 25.4 Å². The molecule has 17 heavy (non-hydrogen) atoms. The zero-order valence-corrected chi connectivity index (χ0v) is 11.0. The summed E-state index contributed by atoms with van der Waals surface area (Å²) in [4.78, 5) is 0. The zero-order valence-electron chi connectivity index (χ0n) is 10.3. The average molecular weight is 256 g/mol. The molecule has 1 heterocycles. The molecule has 1 aromatic carbocycles. The minimum Gasteiger partial charge on any atom is -0.486 e. The van der Waals surface area contributed by atoms with Crippen LogP contribution in [0.2, 0.25) is 5.02 Å². The fraction of sp³-hybridized carbons (Fsp3) is 0.538. The van der Waals surface area contributed by atoms with Gasteiger partial charge in [0.05, 0.1) is 5.02 Å². The average Bonchev–Trinajstić information content (AvgIpc) is 2.28. The number of fused-ring (bicyclic) bond motifs is 1. The molecule has 3 nitrogen and oxygen atoms in total. The van der Waals surface area contributed by atoms with E-state index in [9.17, 15) is 0 Å². The molecule has 0 saturated heterocycles. The highest BCUT2D eigenvalue weighted by molar-refractivity contribution is 6.32. The zero-order chi connectivity index (χ0) is 12.3. The predicted molar refractivity (Wildman–Crippen MR) is 69.0 cm³/mol. The summed E-state index contributed by atoms with van der Waals surface area (Å²) in [7, 11) is 0. The molecule has 0 saturated carbocycles. The van der Waals surface area contributed by atoms with Crippen molar-refractivity contribution in [1.29, 1.82) is 0 Å². The van der Waals surface area contributed by atoms with Crippen molar-refractivity contribution < 1.29 is 9.47 Å². The highest BCUT2D eigenvalue weighted by Crippen LogP contribution is 2.38. The van der Waals surface area contributed by atoms with Gasteiger partial charge in [-0.2, -0.15) is 0 Å². The molecule has 0 aromatic heterocycles. The Morgan fingerprint density at radius 3 is 2.82 bits per heavy atom. The molecule has 4 heteroatoms. The number of hydrogen-bond acceptors (Lipinski definition) is 3. The Labute approximate surface area is 107 Å². The molecule has 1 aliphatic heterocycles. The molecule has 1 N–H and O–H groups in total. The van der Waals surface area contributed by atoms with Gasteiger partial charge in [-0.3, -0.25) is 0 Å². The van der Waals surface area contributed by atoms with Crippen LogP contribution in [0.15, 0.2) is 12.1 Å². The van der Waals surface area contributed by atoms with E-state index in [1.54, 1.807) is 0 Å². The van der Waals surface area contributed by atoms with Crippen molar-refractivity contribution in [3.8, 4) is 11.5 Å². The molecule has 0 radical (unpaired) electrons. The molecule has 0 atom stereocenters. The Hall–Kier alpha value is -0.930. The maximum atomic E-state index is 6.16. The first-order valence-electron chi connectivity index (χ1n) is 5.95. The van der Waals surface area contributed by atoms with Gasteiger partial charge in [0, 0.05) is 6.54 Å². The van der Waals surface area contributed by atoms with E-state index < -0.39 is 0 Å². The van der Waals surface area contributed by atoms with E-state index in [1.807, 2.05) is 12.1 Å². The second-order valence-corrected chi connectivity index (χ2v) is 5.03. The fourth-order valence-corrected chi connectivity index (χ4v) is 2.06. The van der Waals surface area contributed by atoms with Crippen LogP contribution in [0, 0.1) is 5.92 Å². The highest BCUT2D eigenvalue weighted by Gasteiger charge is 2.16. The van der Waals surface area contributed by atoms with Crippen LogP contribution in [0.3, 0.4) is 0 Å². The first kappa shape index (κ1) is 12.5.